The number of benzene rings is 2. The predicted molar refractivity (Wildman–Crippen MR) is 180 cm³/mol. The van der Waals surface area contributed by atoms with Crippen LogP contribution in [0.1, 0.15) is 94.0 Å². The summed E-state index contributed by atoms with van der Waals surface area (Å²) in [6, 6.07) is 13.5. The number of ether oxygens (including phenoxy) is 1. The molecule has 1 saturated carbocycles. The normalized spacial score (nSPS) is 21.3. The van der Waals surface area contributed by atoms with Crippen LogP contribution in [-0.4, -0.2) is 58.2 Å². The van der Waals surface area contributed by atoms with E-state index in [-0.39, 0.29) is 36.7 Å². The molecule has 5 rings (SSSR count). The molecule has 0 amide bonds. The van der Waals surface area contributed by atoms with Crippen LogP contribution in [0.4, 0.5) is 0 Å². The molecule has 9 heteroatoms. The fraction of sp³-hybridized carbons (Fsp3) is 0.514. The molecule has 9 nitrogen and oxygen atoms in total. The van der Waals surface area contributed by atoms with E-state index >= 15 is 0 Å². The largest absolute Gasteiger partial charge is 0.504 e. The van der Waals surface area contributed by atoms with Crippen LogP contribution in [0.15, 0.2) is 70.5 Å². The highest BCUT2D eigenvalue weighted by Crippen LogP contribution is 2.53. The summed E-state index contributed by atoms with van der Waals surface area (Å²) >= 11 is 0. The molecule has 3 unspecified atom stereocenters. The number of nitrogens with zero attached hydrogens (tertiary/aromatic N) is 2. The number of aryl methyl sites for hydroxylation is 1. The molecule has 0 radical (unpaired) electrons. The summed E-state index contributed by atoms with van der Waals surface area (Å²) in [7, 11) is 0. The number of unbranched alkanes of at least 4 members (excludes halogenated alkanes) is 2. The molecule has 0 bridgehead atoms. The van der Waals surface area contributed by atoms with Gasteiger partial charge in [0.15, 0.2) is 18.2 Å². The molecule has 2 aromatic carbocycles. The molecule has 2 aromatic rings. The summed E-state index contributed by atoms with van der Waals surface area (Å²) in [5, 5.41) is 30.4. The van der Waals surface area contributed by atoms with E-state index in [1.165, 1.54) is 16.7 Å². The van der Waals surface area contributed by atoms with Crippen molar-refractivity contribution in [3.63, 3.8) is 0 Å². The molecule has 1 aliphatic carbocycles. The lowest BCUT2D eigenvalue weighted by molar-refractivity contribution is -0.121. The highest BCUT2D eigenvalue weighted by molar-refractivity contribution is 5.90. The molecule has 2 heterocycles. The van der Waals surface area contributed by atoms with Gasteiger partial charge in [0.05, 0.1) is 18.0 Å². The van der Waals surface area contributed by atoms with Crippen LogP contribution in [0, 0.1) is 5.92 Å². The maximum atomic E-state index is 12.4. The highest BCUT2D eigenvalue weighted by Gasteiger charge is 2.46. The van der Waals surface area contributed by atoms with Crippen molar-refractivity contribution in [2.24, 2.45) is 22.4 Å². The van der Waals surface area contributed by atoms with E-state index in [4.69, 9.17) is 21.2 Å². The number of aromatic hydroxyl groups is 1. The van der Waals surface area contributed by atoms with Gasteiger partial charge in [-0.15, -0.1) is 0 Å². The van der Waals surface area contributed by atoms with Gasteiger partial charge in [-0.25, -0.2) is 0 Å². The molecule has 1 fully saturated rings. The zero-order valence-corrected chi connectivity index (χ0v) is 27.0. The molecule has 3 aliphatic rings. The van der Waals surface area contributed by atoms with E-state index in [0.717, 1.165) is 61.8 Å². The fourth-order valence-electron chi connectivity index (χ4n) is 7.27. The molecule has 0 aromatic heterocycles. The van der Waals surface area contributed by atoms with Crippen LogP contribution < -0.4 is 16.2 Å². The zero-order chi connectivity index (χ0) is 32.7. The van der Waals surface area contributed by atoms with Crippen molar-refractivity contribution in [2.45, 2.75) is 95.2 Å². The first-order valence-electron chi connectivity index (χ1n) is 16.8. The Bertz CT molecular complexity index is 1470. The number of allylic oxidation sites excluding steroid dienone is 1. The monoisotopic (exact) mass is 630 g/mol. The minimum atomic E-state index is -0.577. The Hall–Kier alpha value is -3.50. The smallest absolute Gasteiger partial charge is 0.163 e. The summed E-state index contributed by atoms with van der Waals surface area (Å²) in [4.78, 5) is 19.3. The maximum absolute atomic E-state index is 12.4. The number of carbonyl (C=O) groups is 1. The third-order valence-electron chi connectivity index (χ3n) is 9.83. The summed E-state index contributed by atoms with van der Waals surface area (Å²) in [6.07, 6.45) is 11.3. The first-order valence-corrected chi connectivity index (χ1v) is 16.8. The van der Waals surface area contributed by atoms with Crippen LogP contribution in [0.5, 0.6) is 11.5 Å². The van der Waals surface area contributed by atoms with E-state index in [2.05, 4.69) is 24.0 Å². The number of hydrogen-bond acceptors (Lipinski definition) is 9. The third kappa shape index (κ3) is 7.89. The standard InChI is InChI=1S/C37H50N4O5/c1-2-3-4-8-29(43)19-30(44)11-9-25-10-12-34(45)35(17-25)46-24-41-22-31-32(21-40-33(31)23-41)37(15-13-26(20-37)14-16-42)28-7-5-6-27(18-28)36(38)39/h5-7,10,12,17-18,21,23,26,29,36,42-43,45H,2-4,8-9,11,13-16,19-20,22,24,38-39H2,1H3. The Kier molecular flexibility index (Phi) is 11.3. The van der Waals surface area contributed by atoms with E-state index in [0.29, 0.717) is 37.5 Å². The molecule has 0 spiro atoms. The first kappa shape index (κ1) is 33.9. The Morgan fingerprint density at radius 3 is 2.83 bits per heavy atom. The minimum absolute atomic E-state index is 0.0414. The molecule has 0 saturated heterocycles. The van der Waals surface area contributed by atoms with E-state index in [1.807, 2.05) is 24.5 Å². The van der Waals surface area contributed by atoms with Crippen LogP contribution in [-0.2, 0) is 16.6 Å². The van der Waals surface area contributed by atoms with E-state index in [1.54, 1.807) is 18.2 Å². The number of aliphatic imine (C=N–C) groups is 1. The van der Waals surface area contributed by atoms with Crippen LogP contribution >= 0.6 is 0 Å². The number of ketones is 1. The molecule has 46 heavy (non-hydrogen) atoms. The van der Waals surface area contributed by atoms with Gasteiger partial charge in [0.2, 0.25) is 0 Å². The molecular weight excluding hydrogens is 580 g/mol. The lowest BCUT2D eigenvalue weighted by Gasteiger charge is -2.33. The van der Waals surface area contributed by atoms with Gasteiger partial charge in [-0.2, -0.15) is 0 Å². The number of fused-ring (bicyclic) bond motifs is 1. The van der Waals surface area contributed by atoms with Gasteiger partial charge in [-0.1, -0.05) is 56.5 Å². The molecule has 248 valence electrons. The highest BCUT2D eigenvalue weighted by atomic mass is 16.5. The van der Waals surface area contributed by atoms with Gasteiger partial charge in [-0.3, -0.25) is 9.79 Å². The molecule has 7 N–H and O–H groups in total. The Balaban J connectivity index is 1.24. The second kappa shape index (κ2) is 15.4. The van der Waals surface area contributed by atoms with Gasteiger partial charge in [-0.05, 0) is 78.8 Å². The number of aliphatic hydroxyl groups excluding tert-OH is 2. The summed E-state index contributed by atoms with van der Waals surface area (Å²) in [5.41, 5.74) is 18.1. The number of carbonyl (C=O) groups excluding carboxylic acids is 1. The van der Waals surface area contributed by atoms with Crippen molar-refractivity contribution in [2.75, 3.05) is 19.9 Å². The third-order valence-corrected chi connectivity index (χ3v) is 9.83. The summed E-state index contributed by atoms with van der Waals surface area (Å²) in [6.45, 7) is 3.15. The van der Waals surface area contributed by atoms with Crippen LogP contribution in [0.25, 0.3) is 0 Å². The predicted octanol–water partition coefficient (Wildman–Crippen LogP) is 5.14. The minimum Gasteiger partial charge on any atom is -0.504 e. The lowest BCUT2D eigenvalue weighted by atomic mass is 9.70. The average Bonchev–Trinajstić information content (AvgIpc) is 3.76. The zero-order valence-electron chi connectivity index (χ0n) is 27.0. The number of nitrogens with two attached hydrogens (primary N) is 2. The summed E-state index contributed by atoms with van der Waals surface area (Å²) in [5.74, 6) is 0.868. The van der Waals surface area contributed by atoms with Crippen molar-refractivity contribution < 1.29 is 24.9 Å². The maximum Gasteiger partial charge on any atom is 0.163 e. The van der Waals surface area contributed by atoms with Crippen molar-refractivity contribution in [3.8, 4) is 11.5 Å². The topological polar surface area (TPSA) is 155 Å². The number of aliphatic hydroxyl groups is 2. The van der Waals surface area contributed by atoms with Crippen LogP contribution in [0.3, 0.4) is 0 Å². The van der Waals surface area contributed by atoms with Gasteiger partial charge in [0.1, 0.15) is 5.78 Å². The Morgan fingerprint density at radius 2 is 2.04 bits per heavy atom. The first-order chi connectivity index (χ1) is 22.2. The van der Waals surface area contributed by atoms with Crippen molar-refractivity contribution in [1.29, 1.82) is 0 Å². The van der Waals surface area contributed by atoms with Gasteiger partial charge in [0, 0.05) is 49.4 Å². The van der Waals surface area contributed by atoms with E-state index in [9.17, 15) is 20.1 Å². The summed E-state index contributed by atoms with van der Waals surface area (Å²) < 4.78 is 6.09. The van der Waals surface area contributed by atoms with Crippen molar-refractivity contribution in [1.82, 2.24) is 4.90 Å². The van der Waals surface area contributed by atoms with Gasteiger partial charge >= 0.3 is 0 Å². The number of Topliss-reactive ketones (excluding diaryl/α,β-unsaturated/α-hetero) is 1. The second-order valence-corrected chi connectivity index (χ2v) is 13.2. The van der Waals surface area contributed by atoms with Crippen LogP contribution in [0.2, 0.25) is 0 Å². The quantitative estimate of drug-likeness (QED) is 0.119. The number of phenols is 1. The SMILES string of the molecule is CCCCCC(O)CC(=O)CCc1ccc(O)c(OCN2C=C3N=CC(C4(c5cccc(C(N)N)c5)CCC(CCO)C4)=C3C2)c1. The second-order valence-electron chi connectivity index (χ2n) is 13.2. The van der Waals surface area contributed by atoms with Gasteiger partial charge < -0.3 is 36.4 Å². The fourth-order valence-corrected chi connectivity index (χ4v) is 7.27. The number of hydrogen-bond donors (Lipinski definition) is 5. The van der Waals surface area contributed by atoms with Crippen molar-refractivity contribution >= 4 is 12.0 Å². The number of phenolic OH excluding ortho intramolecular Hbond substituents is 1. The molecule has 3 atom stereocenters. The molecule has 2 aliphatic heterocycles. The molecular formula is C37H50N4O5. The van der Waals surface area contributed by atoms with Crippen molar-refractivity contribution in [3.05, 3.63) is 82.2 Å². The average molecular weight is 631 g/mol. The number of rotatable bonds is 17. The Labute approximate surface area is 272 Å². The Morgan fingerprint density at radius 1 is 1.20 bits per heavy atom. The van der Waals surface area contributed by atoms with E-state index < -0.39 is 12.3 Å². The van der Waals surface area contributed by atoms with Gasteiger partial charge in [0.25, 0.3) is 0 Å². The lowest BCUT2D eigenvalue weighted by Crippen LogP contribution is -2.30.